The minimum absolute atomic E-state index is 0.230. The van der Waals surface area contributed by atoms with Crippen molar-refractivity contribution in [1.82, 2.24) is 0 Å². The first-order chi connectivity index (χ1) is 7.76. The van der Waals surface area contributed by atoms with Crippen LogP contribution in [-0.4, -0.2) is 19.0 Å². The van der Waals surface area contributed by atoms with E-state index in [0.717, 1.165) is 29.8 Å². The first-order valence-electron chi connectivity index (χ1n) is 6.98. The molecule has 0 saturated heterocycles. The fourth-order valence-corrected chi connectivity index (χ4v) is 5.70. The molecule has 5 atom stereocenters. The summed E-state index contributed by atoms with van der Waals surface area (Å²) in [5.74, 6) is 3.06. The van der Waals surface area contributed by atoms with Gasteiger partial charge in [-0.05, 0) is 68.6 Å². The van der Waals surface area contributed by atoms with Crippen LogP contribution in [0.3, 0.4) is 0 Å². The third-order valence-corrected chi connectivity index (χ3v) is 6.06. The molecule has 0 aromatic heterocycles. The van der Waals surface area contributed by atoms with Crippen molar-refractivity contribution in [1.29, 1.82) is 0 Å². The molecule has 1 spiro atoms. The molecule has 0 heterocycles. The Balaban J connectivity index is 1.54. The van der Waals surface area contributed by atoms with Crippen LogP contribution in [0.4, 0.5) is 0 Å². The summed E-state index contributed by atoms with van der Waals surface area (Å²) < 4.78 is 11.5. The molecule has 4 fully saturated rings. The highest BCUT2D eigenvalue weighted by Gasteiger charge is 2.71. The van der Waals surface area contributed by atoms with Gasteiger partial charge in [0.25, 0.3) is 0 Å². The summed E-state index contributed by atoms with van der Waals surface area (Å²) in [5, 5.41) is 0. The maximum absolute atomic E-state index is 6.15. The number of hydrogen-bond donors (Lipinski definition) is 0. The van der Waals surface area contributed by atoms with Gasteiger partial charge < -0.3 is 9.47 Å². The van der Waals surface area contributed by atoms with Crippen molar-refractivity contribution in [2.75, 3.05) is 13.4 Å². The van der Waals surface area contributed by atoms with Gasteiger partial charge in [-0.15, -0.1) is 0 Å². The van der Waals surface area contributed by atoms with Gasteiger partial charge in [0.1, 0.15) is 6.79 Å². The second-order valence-electron chi connectivity index (χ2n) is 6.69. The van der Waals surface area contributed by atoms with Crippen LogP contribution in [0.2, 0.25) is 0 Å². The van der Waals surface area contributed by atoms with E-state index in [1.54, 1.807) is 0 Å². The van der Waals surface area contributed by atoms with Gasteiger partial charge in [-0.3, -0.25) is 0 Å². The van der Waals surface area contributed by atoms with E-state index < -0.39 is 0 Å². The van der Waals surface area contributed by atoms with E-state index in [4.69, 9.17) is 9.47 Å². The lowest BCUT2D eigenvalue weighted by molar-refractivity contribution is -0.154. The highest BCUT2D eigenvalue weighted by molar-refractivity contribution is 5.21. The smallest absolute Gasteiger partial charge is 0.147 e. The van der Waals surface area contributed by atoms with Gasteiger partial charge in [0, 0.05) is 6.61 Å². The normalized spacial score (nSPS) is 56.4. The molecule has 5 unspecified atom stereocenters. The zero-order valence-electron chi connectivity index (χ0n) is 10.2. The highest BCUT2D eigenvalue weighted by Crippen LogP contribution is 2.77. The molecule has 4 saturated carbocycles. The molecule has 0 aromatic rings. The fourth-order valence-electron chi connectivity index (χ4n) is 5.70. The minimum atomic E-state index is 0.230. The molecular weight excluding hydrogens is 200 g/mol. The predicted octanol–water partition coefficient (Wildman–Crippen LogP) is 2.97. The van der Waals surface area contributed by atoms with Crippen LogP contribution in [-0.2, 0) is 9.47 Å². The van der Waals surface area contributed by atoms with E-state index in [9.17, 15) is 0 Å². The van der Waals surface area contributed by atoms with Crippen LogP contribution in [0.15, 0.2) is 0 Å². The topological polar surface area (TPSA) is 18.5 Å². The molecule has 4 aliphatic carbocycles. The standard InChI is InChI=1S/C14H22O2/c1-2-15-9-16-13-5-10-3-11-4-12(7-13)14(11,6-10)8-13/h10-12H,2-9H2,1H3. The summed E-state index contributed by atoms with van der Waals surface area (Å²) in [6, 6.07) is 0. The SMILES string of the molecule is CCOCOC12CC3CC4CC(C1)C4(C3)C2. The van der Waals surface area contributed by atoms with Crippen LogP contribution >= 0.6 is 0 Å². The summed E-state index contributed by atoms with van der Waals surface area (Å²) in [7, 11) is 0. The second-order valence-corrected chi connectivity index (χ2v) is 6.69. The molecule has 90 valence electrons. The first-order valence-corrected chi connectivity index (χ1v) is 6.98. The summed E-state index contributed by atoms with van der Waals surface area (Å²) in [6.07, 6.45) is 8.58. The zero-order chi connectivity index (χ0) is 10.8. The minimum Gasteiger partial charge on any atom is -0.356 e. The van der Waals surface area contributed by atoms with E-state index in [2.05, 4.69) is 0 Å². The van der Waals surface area contributed by atoms with Gasteiger partial charge in [-0.25, -0.2) is 0 Å². The summed E-state index contributed by atoms with van der Waals surface area (Å²) in [6.45, 7) is 3.34. The molecule has 0 aromatic carbocycles. The Morgan fingerprint density at radius 2 is 2.06 bits per heavy atom. The van der Waals surface area contributed by atoms with Crippen molar-refractivity contribution in [3.05, 3.63) is 0 Å². The summed E-state index contributed by atoms with van der Waals surface area (Å²) in [5.41, 5.74) is 0.975. The Morgan fingerprint density at radius 3 is 2.94 bits per heavy atom. The Bertz CT molecular complexity index is 312. The van der Waals surface area contributed by atoms with Crippen molar-refractivity contribution in [3.63, 3.8) is 0 Å². The summed E-state index contributed by atoms with van der Waals surface area (Å²) >= 11 is 0. The van der Waals surface area contributed by atoms with Crippen molar-refractivity contribution in [2.24, 2.45) is 23.2 Å². The van der Waals surface area contributed by atoms with Gasteiger partial charge >= 0.3 is 0 Å². The van der Waals surface area contributed by atoms with Gasteiger partial charge in [0.05, 0.1) is 5.60 Å². The second kappa shape index (κ2) is 3.02. The van der Waals surface area contributed by atoms with Gasteiger partial charge in [-0.2, -0.15) is 0 Å². The Hall–Kier alpha value is -0.0800. The molecule has 0 amide bonds. The zero-order valence-corrected chi connectivity index (χ0v) is 10.2. The largest absolute Gasteiger partial charge is 0.356 e. The van der Waals surface area contributed by atoms with Crippen LogP contribution in [0, 0.1) is 23.2 Å². The van der Waals surface area contributed by atoms with E-state index in [1.165, 1.54) is 38.5 Å². The molecule has 0 aliphatic heterocycles. The highest BCUT2D eigenvalue weighted by atomic mass is 16.7. The van der Waals surface area contributed by atoms with Crippen molar-refractivity contribution < 1.29 is 9.47 Å². The van der Waals surface area contributed by atoms with Crippen LogP contribution in [0.25, 0.3) is 0 Å². The lowest BCUT2D eigenvalue weighted by Gasteiger charge is -2.49. The number of rotatable bonds is 4. The molecule has 2 nitrogen and oxygen atoms in total. The van der Waals surface area contributed by atoms with Gasteiger partial charge in [-0.1, -0.05) is 0 Å². The van der Waals surface area contributed by atoms with Gasteiger partial charge in [0.2, 0.25) is 0 Å². The van der Waals surface area contributed by atoms with E-state index >= 15 is 0 Å². The average Bonchev–Trinajstić information content (AvgIpc) is 2.56. The monoisotopic (exact) mass is 222 g/mol. The van der Waals surface area contributed by atoms with Crippen molar-refractivity contribution in [3.8, 4) is 0 Å². The predicted molar refractivity (Wildman–Crippen MR) is 60.9 cm³/mol. The lowest BCUT2D eigenvalue weighted by atomic mass is 9.56. The van der Waals surface area contributed by atoms with Crippen LogP contribution in [0.1, 0.15) is 45.4 Å². The quantitative estimate of drug-likeness (QED) is 0.538. The van der Waals surface area contributed by atoms with Crippen molar-refractivity contribution >= 4 is 0 Å². The molecule has 4 rings (SSSR count). The third kappa shape index (κ3) is 1.06. The molecule has 4 aliphatic rings. The molecule has 2 heteroatoms. The molecule has 0 N–H and O–H groups in total. The Labute approximate surface area is 97.7 Å². The molecule has 0 radical (unpaired) electrons. The van der Waals surface area contributed by atoms with Gasteiger partial charge in [0.15, 0.2) is 0 Å². The first kappa shape index (κ1) is 9.90. The number of fused-ring (bicyclic) bond motifs is 2. The molecule has 3 bridgehead atoms. The van der Waals surface area contributed by atoms with E-state index in [-0.39, 0.29) is 5.60 Å². The maximum Gasteiger partial charge on any atom is 0.147 e. The van der Waals surface area contributed by atoms with E-state index in [0.29, 0.717) is 6.79 Å². The summed E-state index contributed by atoms with van der Waals surface area (Å²) in [4.78, 5) is 0. The Kier molecular flexibility index (Phi) is 1.87. The number of ether oxygens (including phenoxy) is 2. The fraction of sp³-hybridized carbons (Fsp3) is 1.00. The Morgan fingerprint density at radius 1 is 1.12 bits per heavy atom. The lowest BCUT2D eigenvalue weighted by Crippen LogP contribution is -2.42. The van der Waals surface area contributed by atoms with Crippen LogP contribution in [0.5, 0.6) is 0 Å². The van der Waals surface area contributed by atoms with Crippen molar-refractivity contribution in [2.45, 2.75) is 51.0 Å². The average molecular weight is 222 g/mol. The van der Waals surface area contributed by atoms with E-state index in [1.807, 2.05) is 6.92 Å². The molecule has 16 heavy (non-hydrogen) atoms. The third-order valence-electron chi connectivity index (χ3n) is 6.06. The number of hydrogen-bond acceptors (Lipinski definition) is 2. The maximum atomic E-state index is 6.15. The molecular formula is C14H22O2. The van der Waals surface area contributed by atoms with Crippen LogP contribution < -0.4 is 0 Å².